The van der Waals surface area contributed by atoms with Gasteiger partial charge in [-0.2, -0.15) is 0 Å². The first-order valence-corrected chi connectivity index (χ1v) is 8.23. The van der Waals surface area contributed by atoms with E-state index in [4.69, 9.17) is 10.7 Å². The molecular formula is C17H20BrN3. The Morgan fingerprint density at radius 2 is 1.81 bits per heavy atom. The Morgan fingerprint density at radius 3 is 2.33 bits per heavy atom. The van der Waals surface area contributed by atoms with Crippen LogP contribution in [0.3, 0.4) is 0 Å². The molecule has 0 unspecified atom stereocenters. The molecule has 1 heterocycles. The zero-order valence-electron chi connectivity index (χ0n) is 12.4. The molecule has 21 heavy (non-hydrogen) atoms. The van der Waals surface area contributed by atoms with Crippen molar-refractivity contribution in [1.82, 2.24) is 9.97 Å². The quantitative estimate of drug-likeness (QED) is 0.895. The van der Waals surface area contributed by atoms with E-state index in [-0.39, 0.29) is 5.41 Å². The van der Waals surface area contributed by atoms with Crippen LogP contribution < -0.4 is 5.73 Å². The van der Waals surface area contributed by atoms with Crippen molar-refractivity contribution in [1.29, 1.82) is 0 Å². The number of hydrogen-bond donors (Lipinski definition) is 1. The monoisotopic (exact) mass is 345 g/mol. The van der Waals surface area contributed by atoms with Crippen molar-refractivity contribution in [3.05, 3.63) is 51.9 Å². The molecule has 1 fully saturated rings. The van der Waals surface area contributed by atoms with Crippen LogP contribution in [0.4, 0.5) is 5.82 Å². The van der Waals surface area contributed by atoms with Gasteiger partial charge in [-0.3, -0.25) is 0 Å². The molecule has 0 spiro atoms. The Morgan fingerprint density at radius 1 is 1.14 bits per heavy atom. The fourth-order valence-corrected chi connectivity index (χ4v) is 3.64. The van der Waals surface area contributed by atoms with Gasteiger partial charge in [-0.15, -0.1) is 0 Å². The Bertz CT molecular complexity index is 649. The van der Waals surface area contributed by atoms with Crippen LogP contribution >= 0.6 is 15.9 Å². The number of nitrogen functional groups attached to an aromatic ring is 1. The maximum absolute atomic E-state index is 6.11. The average molecular weight is 346 g/mol. The van der Waals surface area contributed by atoms with Crippen LogP contribution in [0.2, 0.25) is 0 Å². The third-order valence-corrected chi connectivity index (χ3v) is 5.22. The highest BCUT2D eigenvalue weighted by Gasteiger charge is 2.43. The second-order valence-corrected chi connectivity index (χ2v) is 6.88. The van der Waals surface area contributed by atoms with E-state index >= 15 is 0 Å². The molecule has 2 N–H and O–H groups in total. The fourth-order valence-electron chi connectivity index (χ4n) is 3.01. The largest absolute Gasteiger partial charge is 0.383 e. The number of benzene rings is 1. The van der Waals surface area contributed by atoms with Gasteiger partial charge in [-0.1, -0.05) is 50.6 Å². The number of aromatic nitrogens is 2. The standard InChI is InChI=1S/C17H20BrN3/c1-11(2)14-13(18)15(19)21-16(20-14)17(9-6-10-17)12-7-4-3-5-8-12/h3-5,7-8,11H,6,9-10H2,1-2H3,(H2,19,20,21). The summed E-state index contributed by atoms with van der Waals surface area (Å²) in [5, 5.41) is 0. The molecule has 0 amide bonds. The number of nitrogens with two attached hydrogens (primary N) is 1. The molecule has 0 saturated heterocycles. The third kappa shape index (κ3) is 2.35. The maximum atomic E-state index is 6.11. The SMILES string of the molecule is CC(C)c1nc(C2(c3ccccc3)CCC2)nc(N)c1Br. The smallest absolute Gasteiger partial charge is 0.141 e. The molecule has 2 aromatic rings. The molecule has 3 nitrogen and oxygen atoms in total. The van der Waals surface area contributed by atoms with Crippen LogP contribution in [-0.4, -0.2) is 9.97 Å². The molecule has 1 aromatic carbocycles. The summed E-state index contributed by atoms with van der Waals surface area (Å²) in [4.78, 5) is 9.47. The predicted octanol–water partition coefficient (Wildman–Crippen LogP) is 4.41. The fraction of sp³-hybridized carbons (Fsp3) is 0.412. The summed E-state index contributed by atoms with van der Waals surface area (Å²) in [5.74, 6) is 1.74. The van der Waals surface area contributed by atoms with Crippen molar-refractivity contribution >= 4 is 21.7 Å². The molecule has 0 radical (unpaired) electrons. The topological polar surface area (TPSA) is 51.8 Å². The number of hydrogen-bond acceptors (Lipinski definition) is 3. The molecule has 1 saturated carbocycles. The summed E-state index contributed by atoms with van der Waals surface area (Å²) in [6.45, 7) is 4.26. The minimum atomic E-state index is -0.0558. The van der Waals surface area contributed by atoms with Crippen molar-refractivity contribution in [3.8, 4) is 0 Å². The number of halogens is 1. The molecule has 0 atom stereocenters. The normalized spacial score (nSPS) is 16.8. The Balaban J connectivity index is 2.15. The molecule has 1 aliphatic carbocycles. The molecule has 0 bridgehead atoms. The van der Waals surface area contributed by atoms with Crippen molar-refractivity contribution in [2.75, 3.05) is 5.73 Å². The first kappa shape index (κ1) is 14.5. The Hall–Kier alpha value is -1.42. The summed E-state index contributed by atoms with van der Waals surface area (Å²) < 4.78 is 0.837. The molecule has 4 heteroatoms. The van der Waals surface area contributed by atoms with E-state index < -0.39 is 0 Å². The zero-order chi connectivity index (χ0) is 15.0. The van der Waals surface area contributed by atoms with Crippen LogP contribution in [0.15, 0.2) is 34.8 Å². The summed E-state index contributed by atoms with van der Waals surface area (Å²) in [5.41, 5.74) is 8.36. The molecule has 0 aliphatic heterocycles. The average Bonchev–Trinajstić information content (AvgIpc) is 2.42. The van der Waals surface area contributed by atoms with Crippen molar-refractivity contribution in [3.63, 3.8) is 0 Å². The third-order valence-electron chi connectivity index (χ3n) is 4.41. The maximum Gasteiger partial charge on any atom is 0.141 e. The van der Waals surface area contributed by atoms with Gasteiger partial charge >= 0.3 is 0 Å². The van der Waals surface area contributed by atoms with Gasteiger partial charge < -0.3 is 5.73 Å². The number of nitrogens with zero attached hydrogens (tertiary/aromatic N) is 2. The molecule has 3 rings (SSSR count). The molecule has 110 valence electrons. The van der Waals surface area contributed by atoms with Crippen molar-refractivity contribution in [2.45, 2.75) is 44.4 Å². The van der Waals surface area contributed by atoms with Crippen LogP contribution in [0.1, 0.15) is 56.1 Å². The number of anilines is 1. The zero-order valence-corrected chi connectivity index (χ0v) is 14.0. The van der Waals surface area contributed by atoms with Crippen molar-refractivity contribution < 1.29 is 0 Å². The second-order valence-electron chi connectivity index (χ2n) is 6.09. The summed E-state index contributed by atoms with van der Waals surface area (Å²) in [6.07, 6.45) is 3.40. The molecular weight excluding hydrogens is 326 g/mol. The van der Waals surface area contributed by atoms with Gasteiger partial charge in [-0.25, -0.2) is 9.97 Å². The highest BCUT2D eigenvalue weighted by atomic mass is 79.9. The van der Waals surface area contributed by atoms with Crippen LogP contribution in [0.25, 0.3) is 0 Å². The highest BCUT2D eigenvalue weighted by Crippen LogP contribution is 2.48. The van der Waals surface area contributed by atoms with Crippen LogP contribution in [0.5, 0.6) is 0 Å². The lowest BCUT2D eigenvalue weighted by atomic mass is 9.64. The minimum absolute atomic E-state index is 0.0558. The molecule has 1 aliphatic rings. The van der Waals surface area contributed by atoms with E-state index in [9.17, 15) is 0 Å². The van der Waals surface area contributed by atoms with Gasteiger partial charge in [0, 0.05) is 0 Å². The van der Waals surface area contributed by atoms with Gasteiger partial charge in [0.25, 0.3) is 0 Å². The minimum Gasteiger partial charge on any atom is -0.383 e. The summed E-state index contributed by atoms with van der Waals surface area (Å²) in [7, 11) is 0. The van der Waals surface area contributed by atoms with Gasteiger partial charge in [0.1, 0.15) is 11.6 Å². The Labute approximate surface area is 134 Å². The summed E-state index contributed by atoms with van der Waals surface area (Å²) >= 11 is 3.53. The van der Waals surface area contributed by atoms with Crippen LogP contribution in [-0.2, 0) is 5.41 Å². The lowest BCUT2D eigenvalue weighted by molar-refractivity contribution is 0.284. The van der Waals surface area contributed by atoms with Gasteiger partial charge in [0.15, 0.2) is 0 Å². The second kappa shape index (κ2) is 5.41. The van der Waals surface area contributed by atoms with Gasteiger partial charge in [-0.05, 0) is 40.3 Å². The first-order valence-electron chi connectivity index (χ1n) is 7.43. The van der Waals surface area contributed by atoms with Gasteiger partial charge in [0.05, 0.1) is 15.6 Å². The summed E-state index contributed by atoms with van der Waals surface area (Å²) in [6, 6.07) is 10.6. The van der Waals surface area contributed by atoms with E-state index in [0.29, 0.717) is 11.7 Å². The van der Waals surface area contributed by atoms with E-state index in [0.717, 1.165) is 28.8 Å². The first-order chi connectivity index (χ1) is 10.0. The Kier molecular flexibility index (Phi) is 3.74. The van der Waals surface area contributed by atoms with E-state index in [2.05, 4.69) is 59.0 Å². The predicted molar refractivity (Wildman–Crippen MR) is 89.3 cm³/mol. The lowest BCUT2D eigenvalue weighted by Gasteiger charge is -2.41. The van der Waals surface area contributed by atoms with E-state index in [1.165, 1.54) is 12.0 Å². The van der Waals surface area contributed by atoms with Crippen LogP contribution in [0, 0.1) is 0 Å². The number of rotatable bonds is 3. The lowest BCUT2D eigenvalue weighted by Crippen LogP contribution is -2.38. The van der Waals surface area contributed by atoms with Crippen molar-refractivity contribution in [2.24, 2.45) is 0 Å². The molecule has 1 aromatic heterocycles. The van der Waals surface area contributed by atoms with E-state index in [1.54, 1.807) is 0 Å². The van der Waals surface area contributed by atoms with Gasteiger partial charge in [0.2, 0.25) is 0 Å². The highest BCUT2D eigenvalue weighted by molar-refractivity contribution is 9.10. The van der Waals surface area contributed by atoms with E-state index in [1.807, 2.05) is 6.07 Å².